The molecule has 5 heteroatoms. The first-order valence-corrected chi connectivity index (χ1v) is 5.02. The van der Waals surface area contributed by atoms with Crippen LogP contribution in [0.25, 0.3) is 0 Å². The highest BCUT2D eigenvalue weighted by Crippen LogP contribution is 2.25. The quantitative estimate of drug-likeness (QED) is 0.832. The van der Waals surface area contributed by atoms with Crippen LogP contribution in [0, 0.1) is 0 Å². The summed E-state index contributed by atoms with van der Waals surface area (Å²) >= 11 is 3.22. The lowest BCUT2D eigenvalue weighted by molar-refractivity contribution is -0.146. The number of benzene rings is 1. The maximum Gasteiger partial charge on any atom is 0.345 e. The van der Waals surface area contributed by atoms with Gasteiger partial charge in [0.05, 0.1) is 10.9 Å². The number of carboxylic acids is 1. The van der Waals surface area contributed by atoms with Crippen LogP contribution in [0.2, 0.25) is 0 Å². The molecule has 0 aromatic heterocycles. The van der Waals surface area contributed by atoms with Gasteiger partial charge < -0.3 is 14.6 Å². The van der Waals surface area contributed by atoms with Crippen LogP contribution in [-0.4, -0.2) is 23.5 Å². The average molecular weight is 273 g/mol. The van der Waals surface area contributed by atoms with Crippen LogP contribution in [0.5, 0.6) is 5.75 Å². The first-order chi connectivity index (χ1) is 7.15. The molecule has 1 N–H and O–H groups in total. The van der Waals surface area contributed by atoms with Crippen LogP contribution in [-0.2, 0) is 9.59 Å². The van der Waals surface area contributed by atoms with Gasteiger partial charge in [-0.25, -0.2) is 4.79 Å². The Morgan fingerprint density at radius 3 is 2.73 bits per heavy atom. The number of aldehydes is 1. The Balaban J connectivity index is 2.78. The molecule has 0 saturated heterocycles. The van der Waals surface area contributed by atoms with Gasteiger partial charge >= 0.3 is 5.97 Å². The van der Waals surface area contributed by atoms with E-state index < -0.39 is 12.1 Å². The van der Waals surface area contributed by atoms with E-state index >= 15 is 0 Å². The number of hydrogen-bond donors (Lipinski definition) is 1. The number of carbonyl (C=O) groups is 2. The van der Waals surface area contributed by atoms with Gasteiger partial charge in [0.1, 0.15) is 12.0 Å². The Bertz CT molecular complexity index is 364. The van der Waals surface area contributed by atoms with Crippen LogP contribution < -0.4 is 4.74 Å². The van der Waals surface area contributed by atoms with E-state index in [-0.39, 0.29) is 6.42 Å². The zero-order chi connectivity index (χ0) is 11.3. The van der Waals surface area contributed by atoms with Crippen LogP contribution >= 0.6 is 15.9 Å². The van der Waals surface area contributed by atoms with Crippen molar-refractivity contribution in [3.63, 3.8) is 0 Å². The van der Waals surface area contributed by atoms with Gasteiger partial charge in [-0.1, -0.05) is 12.1 Å². The number of carbonyl (C=O) groups excluding carboxylic acids is 1. The standard InChI is InChI=1S/C10H9BrO4/c11-7-3-1-2-4-8(7)15-9(5-6-12)10(13)14/h1-4,6,9H,5H2,(H,13,14). The summed E-state index contributed by atoms with van der Waals surface area (Å²) in [6, 6.07) is 6.87. The SMILES string of the molecule is O=CCC(Oc1ccccc1Br)C(=O)O. The van der Waals surface area contributed by atoms with Crippen molar-refractivity contribution in [1.82, 2.24) is 0 Å². The molecule has 0 fully saturated rings. The molecular weight excluding hydrogens is 264 g/mol. The van der Waals surface area contributed by atoms with Crippen LogP contribution in [0.4, 0.5) is 0 Å². The van der Waals surface area contributed by atoms with E-state index in [0.29, 0.717) is 16.5 Å². The van der Waals surface area contributed by atoms with E-state index in [2.05, 4.69) is 15.9 Å². The Morgan fingerprint density at radius 1 is 1.53 bits per heavy atom. The molecule has 0 amide bonds. The molecule has 1 unspecified atom stereocenters. The third kappa shape index (κ3) is 3.36. The second kappa shape index (κ2) is 5.50. The molecule has 4 nitrogen and oxygen atoms in total. The fraction of sp³-hybridized carbons (Fsp3) is 0.200. The second-order valence-electron chi connectivity index (χ2n) is 2.78. The fourth-order valence-electron chi connectivity index (χ4n) is 0.980. The van der Waals surface area contributed by atoms with E-state index in [9.17, 15) is 9.59 Å². The predicted octanol–water partition coefficient (Wildman–Crippen LogP) is 1.87. The van der Waals surface area contributed by atoms with Gasteiger partial charge in [0.2, 0.25) is 6.10 Å². The number of carboxylic acid groups (broad SMARTS) is 1. The first kappa shape index (κ1) is 11.7. The highest BCUT2D eigenvalue weighted by Gasteiger charge is 2.19. The summed E-state index contributed by atoms with van der Waals surface area (Å²) < 4.78 is 5.82. The van der Waals surface area contributed by atoms with Crippen LogP contribution in [0.15, 0.2) is 28.7 Å². The van der Waals surface area contributed by atoms with E-state index in [1.807, 2.05) is 0 Å². The molecule has 0 heterocycles. The fourth-order valence-corrected chi connectivity index (χ4v) is 1.36. The van der Waals surface area contributed by atoms with Crippen molar-refractivity contribution < 1.29 is 19.4 Å². The third-order valence-electron chi connectivity index (χ3n) is 1.69. The Labute approximate surface area is 95.0 Å². The number of halogens is 1. The molecule has 0 aliphatic carbocycles. The molecule has 0 aliphatic rings. The Kier molecular flexibility index (Phi) is 4.30. The molecule has 0 aliphatic heterocycles. The topological polar surface area (TPSA) is 63.6 Å². The van der Waals surface area contributed by atoms with Gasteiger partial charge in [0.25, 0.3) is 0 Å². The van der Waals surface area contributed by atoms with Crippen LogP contribution in [0.3, 0.4) is 0 Å². The molecule has 1 aromatic rings. The number of ether oxygens (including phenoxy) is 1. The molecule has 15 heavy (non-hydrogen) atoms. The largest absolute Gasteiger partial charge is 0.478 e. The summed E-state index contributed by atoms with van der Waals surface area (Å²) in [6.45, 7) is 0. The molecule has 0 bridgehead atoms. The maximum atomic E-state index is 10.7. The maximum absolute atomic E-state index is 10.7. The van der Waals surface area contributed by atoms with Crippen molar-refractivity contribution in [3.05, 3.63) is 28.7 Å². The molecule has 1 aromatic carbocycles. The Hall–Kier alpha value is -1.36. The van der Waals surface area contributed by atoms with Gasteiger partial charge in [-0.15, -0.1) is 0 Å². The summed E-state index contributed by atoms with van der Waals surface area (Å²) in [5.41, 5.74) is 0. The summed E-state index contributed by atoms with van der Waals surface area (Å²) in [5.74, 6) is -0.746. The van der Waals surface area contributed by atoms with E-state index in [4.69, 9.17) is 9.84 Å². The van der Waals surface area contributed by atoms with Gasteiger partial charge in [-0.2, -0.15) is 0 Å². The van der Waals surface area contributed by atoms with E-state index in [0.717, 1.165) is 0 Å². The highest BCUT2D eigenvalue weighted by atomic mass is 79.9. The molecular formula is C10H9BrO4. The van der Waals surface area contributed by atoms with Crippen molar-refractivity contribution in [1.29, 1.82) is 0 Å². The molecule has 1 rings (SSSR count). The average Bonchev–Trinajstić information content (AvgIpc) is 2.20. The first-order valence-electron chi connectivity index (χ1n) is 4.22. The van der Waals surface area contributed by atoms with Crippen molar-refractivity contribution in [2.75, 3.05) is 0 Å². The lowest BCUT2D eigenvalue weighted by atomic mass is 10.2. The van der Waals surface area contributed by atoms with E-state index in [1.54, 1.807) is 24.3 Å². The van der Waals surface area contributed by atoms with Gasteiger partial charge in [-0.05, 0) is 28.1 Å². The second-order valence-corrected chi connectivity index (χ2v) is 3.63. The monoisotopic (exact) mass is 272 g/mol. The smallest absolute Gasteiger partial charge is 0.345 e. The Morgan fingerprint density at radius 2 is 2.20 bits per heavy atom. The minimum Gasteiger partial charge on any atom is -0.478 e. The highest BCUT2D eigenvalue weighted by molar-refractivity contribution is 9.10. The molecule has 0 radical (unpaired) electrons. The number of para-hydroxylation sites is 1. The molecule has 0 saturated carbocycles. The molecule has 80 valence electrons. The van der Waals surface area contributed by atoms with Crippen molar-refractivity contribution in [2.24, 2.45) is 0 Å². The van der Waals surface area contributed by atoms with Gasteiger partial charge in [0, 0.05) is 0 Å². The summed E-state index contributed by atoms with van der Waals surface area (Å²) in [4.78, 5) is 20.9. The van der Waals surface area contributed by atoms with Crippen LogP contribution in [0.1, 0.15) is 6.42 Å². The van der Waals surface area contributed by atoms with Crippen molar-refractivity contribution in [2.45, 2.75) is 12.5 Å². The third-order valence-corrected chi connectivity index (χ3v) is 2.35. The number of rotatable bonds is 5. The lowest BCUT2D eigenvalue weighted by Crippen LogP contribution is -2.27. The molecule has 0 spiro atoms. The minimum absolute atomic E-state index is 0.170. The summed E-state index contributed by atoms with van der Waals surface area (Å²) in [5, 5.41) is 8.76. The molecule has 1 atom stereocenters. The zero-order valence-corrected chi connectivity index (χ0v) is 9.31. The van der Waals surface area contributed by atoms with Gasteiger partial charge in [0.15, 0.2) is 0 Å². The summed E-state index contributed by atoms with van der Waals surface area (Å²) in [7, 11) is 0. The zero-order valence-electron chi connectivity index (χ0n) is 7.72. The lowest BCUT2D eigenvalue weighted by Gasteiger charge is -2.13. The summed E-state index contributed by atoms with van der Waals surface area (Å²) in [6.07, 6.45) is -0.784. The number of aliphatic carboxylic acids is 1. The normalized spacial score (nSPS) is 11.8. The van der Waals surface area contributed by atoms with Crippen molar-refractivity contribution >= 4 is 28.2 Å². The van der Waals surface area contributed by atoms with Crippen molar-refractivity contribution in [3.8, 4) is 5.75 Å². The van der Waals surface area contributed by atoms with Gasteiger partial charge in [-0.3, -0.25) is 0 Å². The predicted molar refractivity (Wildman–Crippen MR) is 56.9 cm³/mol. The van der Waals surface area contributed by atoms with E-state index in [1.165, 1.54) is 0 Å². The number of hydrogen-bond acceptors (Lipinski definition) is 3. The minimum atomic E-state index is -1.15.